The zero-order valence-corrected chi connectivity index (χ0v) is 12.1. The number of ether oxygens (including phenoxy) is 1. The van der Waals surface area contributed by atoms with Crippen molar-refractivity contribution in [1.29, 1.82) is 0 Å². The maximum Gasteiger partial charge on any atom is 0.328 e. The van der Waals surface area contributed by atoms with E-state index in [9.17, 15) is 9.59 Å². The molecule has 0 saturated carbocycles. The van der Waals surface area contributed by atoms with E-state index in [2.05, 4.69) is 5.32 Å². The lowest BCUT2D eigenvalue weighted by molar-refractivity contribution is -0.131. The van der Waals surface area contributed by atoms with Crippen LogP contribution in [0, 0.1) is 12.8 Å². The highest BCUT2D eigenvalue weighted by Gasteiger charge is 2.30. The molecule has 1 aromatic rings. The highest BCUT2D eigenvalue weighted by atomic mass is 16.5. The summed E-state index contributed by atoms with van der Waals surface area (Å²) in [5, 5.41) is 11.5. The van der Waals surface area contributed by atoms with E-state index in [1.165, 1.54) is 6.08 Å². The number of benzene rings is 1. The Kier molecular flexibility index (Phi) is 4.75. The maximum atomic E-state index is 12.1. The standard InChI is InChI=1S/C16H19NO4/c1-10-7-8-21-15(10)16(20)17-13-5-3-12(11(2)9-13)4-6-14(18)19/h3-6,9-10,15H,7-8H2,1-2H3,(H,17,20)(H,18,19)/b6-4+. The first-order valence-electron chi connectivity index (χ1n) is 6.91. The number of anilines is 1. The van der Waals surface area contributed by atoms with Gasteiger partial charge in [-0.25, -0.2) is 4.79 Å². The van der Waals surface area contributed by atoms with Crippen LogP contribution in [0.3, 0.4) is 0 Å². The van der Waals surface area contributed by atoms with Gasteiger partial charge >= 0.3 is 5.97 Å². The van der Waals surface area contributed by atoms with E-state index in [4.69, 9.17) is 9.84 Å². The highest BCUT2D eigenvalue weighted by molar-refractivity contribution is 5.95. The average molecular weight is 289 g/mol. The van der Waals surface area contributed by atoms with Crippen LogP contribution in [-0.4, -0.2) is 29.7 Å². The van der Waals surface area contributed by atoms with Crippen molar-refractivity contribution in [1.82, 2.24) is 0 Å². The molecule has 0 spiro atoms. The number of carbonyl (C=O) groups excluding carboxylic acids is 1. The lowest BCUT2D eigenvalue weighted by Gasteiger charge is -2.15. The van der Waals surface area contributed by atoms with Crippen LogP contribution >= 0.6 is 0 Å². The van der Waals surface area contributed by atoms with Crippen LogP contribution in [0.25, 0.3) is 6.08 Å². The van der Waals surface area contributed by atoms with Gasteiger partial charge in [-0.3, -0.25) is 4.79 Å². The molecule has 1 aliphatic heterocycles. The predicted octanol–water partition coefficient (Wildman–Crippen LogP) is 2.46. The van der Waals surface area contributed by atoms with Crippen LogP contribution in [-0.2, 0) is 14.3 Å². The summed E-state index contributed by atoms with van der Waals surface area (Å²) < 4.78 is 5.43. The number of hydrogen-bond donors (Lipinski definition) is 2. The number of hydrogen-bond acceptors (Lipinski definition) is 3. The van der Waals surface area contributed by atoms with E-state index in [1.54, 1.807) is 12.1 Å². The number of carboxylic acids is 1. The summed E-state index contributed by atoms with van der Waals surface area (Å²) in [6.45, 7) is 4.49. The summed E-state index contributed by atoms with van der Waals surface area (Å²) in [7, 11) is 0. The van der Waals surface area contributed by atoms with Gasteiger partial charge in [0.15, 0.2) is 0 Å². The van der Waals surface area contributed by atoms with E-state index in [0.29, 0.717) is 12.3 Å². The molecule has 0 radical (unpaired) electrons. The molecule has 5 heteroatoms. The second-order valence-corrected chi connectivity index (χ2v) is 5.29. The molecule has 112 valence electrons. The average Bonchev–Trinajstić information content (AvgIpc) is 2.84. The molecule has 1 aliphatic rings. The Hall–Kier alpha value is -2.14. The number of carbonyl (C=O) groups is 2. The summed E-state index contributed by atoms with van der Waals surface area (Å²) in [6, 6.07) is 5.36. The van der Waals surface area contributed by atoms with Gasteiger partial charge in [0, 0.05) is 18.4 Å². The Balaban J connectivity index is 2.06. The number of aryl methyl sites for hydroxylation is 1. The molecule has 2 atom stereocenters. The Bertz CT molecular complexity index is 580. The Labute approximate surface area is 123 Å². The van der Waals surface area contributed by atoms with Gasteiger partial charge < -0.3 is 15.2 Å². The topological polar surface area (TPSA) is 75.6 Å². The fraction of sp³-hybridized carbons (Fsp3) is 0.375. The van der Waals surface area contributed by atoms with Crippen LogP contribution in [0.4, 0.5) is 5.69 Å². The minimum Gasteiger partial charge on any atom is -0.478 e. The molecule has 1 amide bonds. The number of amides is 1. The summed E-state index contributed by atoms with van der Waals surface area (Å²) in [6.07, 6.45) is 3.13. The molecule has 2 N–H and O–H groups in total. The van der Waals surface area contributed by atoms with E-state index >= 15 is 0 Å². The van der Waals surface area contributed by atoms with Crippen molar-refractivity contribution in [3.8, 4) is 0 Å². The van der Waals surface area contributed by atoms with Gasteiger partial charge in [-0.05, 0) is 48.6 Å². The smallest absolute Gasteiger partial charge is 0.328 e. The SMILES string of the molecule is Cc1cc(NC(=O)C2OCCC2C)ccc1/C=C/C(=O)O. The third-order valence-electron chi connectivity index (χ3n) is 3.59. The quantitative estimate of drug-likeness (QED) is 0.835. The Morgan fingerprint density at radius 1 is 1.43 bits per heavy atom. The molecule has 1 fully saturated rings. The predicted molar refractivity (Wildman–Crippen MR) is 80.0 cm³/mol. The zero-order chi connectivity index (χ0) is 15.4. The molecule has 21 heavy (non-hydrogen) atoms. The van der Waals surface area contributed by atoms with Crippen molar-refractivity contribution in [3.63, 3.8) is 0 Å². The first-order chi connectivity index (χ1) is 9.97. The third-order valence-corrected chi connectivity index (χ3v) is 3.59. The largest absolute Gasteiger partial charge is 0.478 e. The normalized spacial score (nSPS) is 21.6. The van der Waals surface area contributed by atoms with Crippen molar-refractivity contribution in [2.24, 2.45) is 5.92 Å². The number of nitrogens with one attached hydrogen (secondary N) is 1. The molecular formula is C16H19NO4. The first-order valence-corrected chi connectivity index (χ1v) is 6.91. The molecule has 1 saturated heterocycles. The van der Waals surface area contributed by atoms with Crippen molar-refractivity contribution in [2.45, 2.75) is 26.4 Å². The Morgan fingerprint density at radius 3 is 2.76 bits per heavy atom. The van der Waals surface area contributed by atoms with Crippen molar-refractivity contribution in [3.05, 3.63) is 35.4 Å². The first kappa shape index (κ1) is 15.3. The second-order valence-electron chi connectivity index (χ2n) is 5.29. The summed E-state index contributed by atoms with van der Waals surface area (Å²) >= 11 is 0. The van der Waals surface area contributed by atoms with Crippen molar-refractivity contribution in [2.75, 3.05) is 11.9 Å². The van der Waals surface area contributed by atoms with Gasteiger partial charge in [0.25, 0.3) is 5.91 Å². The maximum absolute atomic E-state index is 12.1. The van der Waals surface area contributed by atoms with Crippen LogP contribution in [0.15, 0.2) is 24.3 Å². The van der Waals surface area contributed by atoms with Gasteiger partial charge in [-0.2, -0.15) is 0 Å². The van der Waals surface area contributed by atoms with Gasteiger partial charge in [0.05, 0.1) is 0 Å². The number of rotatable bonds is 4. The minimum absolute atomic E-state index is 0.131. The van der Waals surface area contributed by atoms with Crippen LogP contribution < -0.4 is 5.32 Å². The van der Waals surface area contributed by atoms with Gasteiger partial charge in [0.2, 0.25) is 0 Å². The van der Waals surface area contributed by atoms with Gasteiger partial charge in [-0.1, -0.05) is 13.0 Å². The molecule has 0 aliphatic carbocycles. The number of aliphatic carboxylic acids is 1. The van der Waals surface area contributed by atoms with E-state index in [1.807, 2.05) is 19.9 Å². The summed E-state index contributed by atoms with van der Waals surface area (Å²) in [5.74, 6) is -0.892. The lowest BCUT2D eigenvalue weighted by atomic mass is 10.0. The summed E-state index contributed by atoms with van der Waals surface area (Å²) in [4.78, 5) is 22.6. The second kappa shape index (κ2) is 6.54. The van der Waals surface area contributed by atoms with Gasteiger partial charge in [0.1, 0.15) is 6.10 Å². The van der Waals surface area contributed by atoms with E-state index in [0.717, 1.165) is 23.6 Å². The van der Waals surface area contributed by atoms with Crippen LogP contribution in [0.1, 0.15) is 24.5 Å². The van der Waals surface area contributed by atoms with Crippen LogP contribution in [0.5, 0.6) is 0 Å². The molecule has 2 rings (SSSR count). The zero-order valence-electron chi connectivity index (χ0n) is 12.1. The molecule has 5 nitrogen and oxygen atoms in total. The van der Waals surface area contributed by atoms with E-state index < -0.39 is 12.1 Å². The molecule has 0 bridgehead atoms. The number of carboxylic acid groups (broad SMARTS) is 1. The van der Waals surface area contributed by atoms with E-state index in [-0.39, 0.29) is 11.8 Å². The van der Waals surface area contributed by atoms with Crippen molar-refractivity contribution >= 4 is 23.6 Å². The highest BCUT2D eigenvalue weighted by Crippen LogP contribution is 2.22. The monoisotopic (exact) mass is 289 g/mol. The Morgan fingerprint density at radius 2 is 2.19 bits per heavy atom. The molecule has 2 unspecified atom stereocenters. The third kappa shape index (κ3) is 3.92. The lowest BCUT2D eigenvalue weighted by Crippen LogP contribution is -2.31. The summed E-state index contributed by atoms with van der Waals surface area (Å²) in [5.41, 5.74) is 2.39. The molecule has 0 aromatic heterocycles. The van der Waals surface area contributed by atoms with Crippen molar-refractivity contribution < 1.29 is 19.4 Å². The minimum atomic E-state index is -0.987. The fourth-order valence-corrected chi connectivity index (χ4v) is 2.35. The molecular weight excluding hydrogens is 270 g/mol. The molecule has 1 heterocycles. The van der Waals surface area contributed by atoms with Crippen LogP contribution in [0.2, 0.25) is 0 Å². The molecule has 1 aromatic carbocycles. The van der Waals surface area contributed by atoms with Gasteiger partial charge in [-0.15, -0.1) is 0 Å². The fourth-order valence-electron chi connectivity index (χ4n) is 2.35.